The molecule has 0 aliphatic carbocycles. The molecule has 3 rings (SSSR count). The number of amides is 1. The molecule has 0 spiro atoms. The van der Waals surface area contributed by atoms with Crippen LogP contribution < -0.4 is 20.1 Å². The monoisotopic (exact) mass is 378 g/mol. The summed E-state index contributed by atoms with van der Waals surface area (Å²) in [4.78, 5) is 15.1. The van der Waals surface area contributed by atoms with Crippen LogP contribution >= 0.6 is 0 Å². The summed E-state index contributed by atoms with van der Waals surface area (Å²) in [7, 11) is -3.98. The molecule has 0 bridgehead atoms. The van der Waals surface area contributed by atoms with Gasteiger partial charge in [-0.05, 0) is 30.7 Å². The Morgan fingerprint density at radius 2 is 2.19 bits per heavy atom. The number of sulfonamides is 1. The Morgan fingerprint density at radius 1 is 1.42 bits per heavy atom. The number of carbonyl (C=O) groups is 1. The molecule has 0 saturated carbocycles. The number of carboxylic acid groups (broad SMARTS) is 1. The summed E-state index contributed by atoms with van der Waals surface area (Å²) in [5.41, 5.74) is 6.98. The van der Waals surface area contributed by atoms with Gasteiger partial charge in [0.05, 0.1) is 29.4 Å². The lowest BCUT2D eigenvalue weighted by atomic mass is 10.2. The van der Waals surface area contributed by atoms with Gasteiger partial charge in [-0.2, -0.15) is 0 Å². The summed E-state index contributed by atoms with van der Waals surface area (Å²) in [6.07, 6.45) is 0.0753. The van der Waals surface area contributed by atoms with Crippen molar-refractivity contribution in [3.05, 3.63) is 42.1 Å². The summed E-state index contributed by atoms with van der Waals surface area (Å²) in [6.45, 7) is 1.57. The molecule has 1 aromatic carbocycles. The number of hydrogen-bond donors (Lipinski definition) is 3. The van der Waals surface area contributed by atoms with Crippen molar-refractivity contribution in [2.45, 2.75) is 17.9 Å². The number of anilines is 2. The van der Waals surface area contributed by atoms with Gasteiger partial charge in [0.1, 0.15) is 12.3 Å². The zero-order valence-electron chi connectivity index (χ0n) is 13.9. The van der Waals surface area contributed by atoms with Crippen LogP contribution in [-0.4, -0.2) is 43.8 Å². The quantitative estimate of drug-likeness (QED) is 0.730. The van der Waals surface area contributed by atoms with E-state index in [0.29, 0.717) is 0 Å². The largest absolute Gasteiger partial charge is 0.474 e. The number of aryl methyl sites for hydroxylation is 1. The number of pyridine rings is 1. The molecule has 1 aliphatic rings. The standard InChI is InChI=1S/C16H18N4O5S/c1-10-3-2-4-13(5-10)26(23,24)20-8-12(19-16(21)22)9-25-15-14(20)6-11(17)7-18-15/h2-7,12,19H,8-9,17H2,1H3,(H,21,22). The van der Waals surface area contributed by atoms with Gasteiger partial charge in [0.25, 0.3) is 10.0 Å². The third kappa shape index (κ3) is 3.49. The second-order valence-electron chi connectivity index (χ2n) is 5.90. The first-order valence-corrected chi connectivity index (χ1v) is 9.18. The second-order valence-corrected chi connectivity index (χ2v) is 7.77. The van der Waals surface area contributed by atoms with E-state index in [2.05, 4.69) is 10.3 Å². The molecule has 26 heavy (non-hydrogen) atoms. The average Bonchev–Trinajstić information content (AvgIpc) is 2.74. The highest BCUT2D eigenvalue weighted by molar-refractivity contribution is 7.92. The van der Waals surface area contributed by atoms with E-state index >= 15 is 0 Å². The molecular formula is C16H18N4O5S. The number of benzene rings is 1. The number of nitrogens with two attached hydrogens (primary N) is 1. The van der Waals surface area contributed by atoms with E-state index in [0.717, 1.165) is 9.87 Å². The van der Waals surface area contributed by atoms with Crippen molar-refractivity contribution >= 4 is 27.5 Å². The van der Waals surface area contributed by atoms with Crippen molar-refractivity contribution < 1.29 is 23.1 Å². The molecule has 1 aliphatic heterocycles. The summed E-state index contributed by atoms with van der Waals surface area (Å²) in [6, 6.07) is 7.11. The number of nitrogens with one attached hydrogen (secondary N) is 1. The van der Waals surface area contributed by atoms with Crippen molar-refractivity contribution in [2.24, 2.45) is 0 Å². The van der Waals surface area contributed by atoms with E-state index in [-0.39, 0.29) is 35.3 Å². The average molecular weight is 378 g/mol. The highest BCUT2D eigenvalue weighted by atomic mass is 32.2. The van der Waals surface area contributed by atoms with Gasteiger partial charge in [0, 0.05) is 0 Å². The minimum Gasteiger partial charge on any atom is -0.474 e. The van der Waals surface area contributed by atoms with Gasteiger partial charge in [-0.3, -0.25) is 4.31 Å². The predicted molar refractivity (Wildman–Crippen MR) is 94.8 cm³/mol. The van der Waals surface area contributed by atoms with Crippen LogP contribution in [0.5, 0.6) is 5.88 Å². The zero-order valence-corrected chi connectivity index (χ0v) is 14.7. The Hall–Kier alpha value is -3.01. The number of fused-ring (bicyclic) bond motifs is 1. The molecule has 0 radical (unpaired) electrons. The van der Waals surface area contributed by atoms with Crippen LogP contribution in [0.1, 0.15) is 5.56 Å². The van der Waals surface area contributed by atoms with E-state index in [1.165, 1.54) is 18.3 Å². The molecule has 9 nitrogen and oxygen atoms in total. The molecule has 1 amide bonds. The van der Waals surface area contributed by atoms with Crippen molar-refractivity contribution in [1.82, 2.24) is 10.3 Å². The van der Waals surface area contributed by atoms with E-state index in [1.54, 1.807) is 25.1 Å². The summed E-state index contributed by atoms with van der Waals surface area (Å²) < 4.78 is 33.0. The number of ether oxygens (including phenoxy) is 1. The third-order valence-corrected chi connectivity index (χ3v) is 5.61. The highest BCUT2D eigenvalue weighted by Crippen LogP contribution is 2.34. The van der Waals surface area contributed by atoms with Crippen LogP contribution in [0.15, 0.2) is 41.4 Å². The number of rotatable bonds is 3. The predicted octanol–water partition coefficient (Wildman–Crippen LogP) is 1.20. The highest BCUT2D eigenvalue weighted by Gasteiger charge is 2.34. The summed E-state index contributed by atoms with van der Waals surface area (Å²) >= 11 is 0. The Labute approximate surface area is 150 Å². The maximum absolute atomic E-state index is 13.2. The van der Waals surface area contributed by atoms with Gasteiger partial charge < -0.3 is 20.9 Å². The topological polar surface area (TPSA) is 135 Å². The van der Waals surface area contributed by atoms with Crippen LogP contribution in [0.4, 0.5) is 16.2 Å². The molecule has 1 atom stereocenters. The van der Waals surface area contributed by atoms with Crippen LogP contribution in [-0.2, 0) is 10.0 Å². The van der Waals surface area contributed by atoms with Crippen molar-refractivity contribution in [2.75, 3.05) is 23.2 Å². The molecule has 10 heteroatoms. The first-order chi connectivity index (χ1) is 12.3. The molecule has 0 fully saturated rings. The first kappa shape index (κ1) is 17.8. The van der Waals surface area contributed by atoms with E-state index in [4.69, 9.17) is 15.6 Å². The second kappa shape index (κ2) is 6.71. The van der Waals surface area contributed by atoms with Gasteiger partial charge >= 0.3 is 6.09 Å². The fourth-order valence-corrected chi connectivity index (χ4v) is 4.28. The van der Waals surface area contributed by atoms with E-state index in [1.807, 2.05) is 0 Å². The van der Waals surface area contributed by atoms with E-state index in [9.17, 15) is 13.2 Å². The SMILES string of the molecule is Cc1cccc(S(=O)(=O)N2CC(NC(=O)O)COc3ncc(N)cc32)c1. The number of hydrogen-bond acceptors (Lipinski definition) is 6. The Morgan fingerprint density at radius 3 is 2.88 bits per heavy atom. The normalized spacial score (nSPS) is 17.0. The Balaban J connectivity index is 2.11. The van der Waals surface area contributed by atoms with E-state index < -0.39 is 22.2 Å². The fourth-order valence-electron chi connectivity index (χ4n) is 2.67. The van der Waals surface area contributed by atoms with Crippen molar-refractivity contribution in [1.29, 1.82) is 0 Å². The van der Waals surface area contributed by atoms with Crippen LogP contribution in [0.2, 0.25) is 0 Å². The maximum Gasteiger partial charge on any atom is 0.405 e. The van der Waals surface area contributed by atoms with Gasteiger partial charge in [-0.15, -0.1) is 0 Å². The van der Waals surface area contributed by atoms with Gasteiger partial charge in [0.15, 0.2) is 0 Å². The van der Waals surface area contributed by atoms with Gasteiger partial charge in [-0.25, -0.2) is 18.2 Å². The molecule has 1 aromatic heterocycles. The number of nitrogens with zero attached hydrogens (tertiary/aromatic N) is 2. The minimum atomic E-state index is -3.98. The van der Waals surface area contributed by atoms with Crippen LogP contribution in [0.3, 0.4) is 0 Å². The molecule has 2 heterocycles. The number of nitrogen functional groups attached to an aromatic ring is 1. The molecule has 0 saturated heterocycles. The van der Waals surface area contributed by atoms with Crippen molar-refractivity contribution in [3.63, 3.8) is 0 Å². The maximum atomic E-state index is 13.2. The molecule has 1 unspecified atom stereocenters. The smallest absolute Gasteiger partial charge is 0.405 e. The number of aromatic nitrogens is 1. The van der Waals surface area contributed by atoms with Crippen LogP contribution in [0, 0.1) is 6.92 Å². The van der Waals surface area contributed by atoms with Crippen LogP contribution in [0.25, 0.3) is 0 Å². The third-order valence-electron chi connectivity index (χ3n) is 3.83. The van der Waals surface area contributed by atoms with Gasteiger partial charge in [0.2, 0.25) is 5.88 Å². The van der Waals surface area contributed by atoms with Gasteiger partial charge in [-0.1, -0.05) is 12.1 Å². The Kier molecular flexibility index (Phi) is 4.60. The summed E-state index contributed by atoms with van der Waals surface area (Å²) in [5, 5.41) is 11.3. The zero-order chi connectivity index (χ0) is 18.9. The molecule has 138 valence electrons. The fraction of sp³-hybridized carbons (Fsp3) is 0.250. The lowest BCUT2D eigenvalue weighted by molar-refractivity contribution is 0.182. The lowest BCUT2D eigenvalue weighted by Crippen LogP contribution is -2.47. The Bertz CT molecular complexity index is 947. The minimum absolute atomic E-state index is 0.0595. The molecule has 4 N–H and O–H groups in total. The molecule has 2 aromatic rings. The lowest BCUT2D eigenvalue weighted by Gasteiger charge is -2.25. The summed E-state index contributed by atoms with van der Waals surface area (Å²) in [5.74, 6) is 0.0742. The van der Waals surface area contributed by atoms with Crippen molar-refractivity contribution in [3.8, 4) is 5.88 Å². The first-order valence-electron chi connectivity index (χ1n) is 7.74. The molecular weight excluding hydrogens is 360 g/mol.